The van der Waals surface area contributed by atoms with E-state index in [2.05, 4.69) is 44.2 Å². The van der Waals surface area contributed by atoms with Crippen LogP contribution in [0.25, 0.3) is 17.2 Å². The fraction of sp³-hybridized carbons (Fsp3) is 0.222. The summed E-state index contributed by atoms with van der Waals surface area (Å²) in [6.07, 6.45) is 4.28. The van der Waals surface area contributed by atoms with E-state index in [0.717, 1.165) is 42.1 Å². The van der Waals surface area contributed by atoms with Gasteiger partial charge >= 0.3 is 0 Å². The van der Waals surface area contributed by atoms with Crippen LogP contribution in [-0.2, 0) is 26.1 Å². The Hall–Kier alpha value is -4.37. The standard InChI is InChI=1S/C27H26N6O3/c1-34-23-13-20-15-32(10-9-19(20)12-24(23)36-17-18-6-3-2-4-7-18)16-21-14-29-27(28)33-26(21)30-25(31-33)22-8-5-11-35-22/h2-8,11-14H,9-10,15-17H2,1H3,(H2,28,29). The highest BCUT2D eigenvalue weighted by atomic mass is 16.5. The zero-order chi connectivity index (χ0) is 24.5. The number of hydrogen-bond donors (Lipinski definition) is 1. The number of methoxy groups -OCH3 is 1. The highest BCUT2D eigenvalue weighted by molar-refractivity contribution is 5.57. The van der Waals surface area contributed by atoms with Crippen molar-refractivity contribution in [1.82, 2.24) is 24.5 Å². The Bertz CT molecular complexity index is 1500. The summed E-state index contributed by atoms with van der Waals surface area (Å²) in [4.78, 5) is 11.4. The van der Waals surface area contributed by atoms with Crippen molar-refractivity contribution in [3.05, 3.63) is 89.3 Å². The molecule has 0 amide bonds. The van der Waals surface area contributed by atoms with E-state index in [1.54, 1.807) is 30.2 Å². The third-order valence-corrected chi connectivity index (χ3v) is 6.41. The van der Waals surface area contributed by atoms with Crippen molar-refractivity contribution in [2.24, 2.45) is 0 Å². The molecule has 1 aliphatic heterocycles. The number of ether oxygens (including phenoxy) is 2. The molecule has 0 saturated heterocycles. The van der Waals surface area contributed by atoms with Crippen LogP contribution in [0.3, 0.4) is 0 Å². The van der Waals surface area contributed by atoms with E-state index in [9.17, 15) is 0 Å². The van der Waals surface area contributed by atoms with Crippen LogP contribution in [0.5, 0.6) is 11.5 Å². The number of benzene rings is 2. The van der Waals surface area contributed by atoms with Crippen LogP contribution < -0.4 is 15.2 Å². The Morgan fingerprint density at radius 3 is 2.72 bits per heavy atom. The molecule has 0 atom stereocenters. The molecule has 4 heterocycles. The molecule has 2 N–H and O–H groups in total. The maximum Gasteiger partial charge on any atom is 0.223 e. The van der Waals surface area contributed by atoms with Crippen LogP contribution in [0.1, 0.15) is 22.3 Å². The summed E-state index contributed by atoms with van der Waals surface area (Å²) >= 11 is 0. The summed E-state index contributed by atoms with van der Waals surface area (Å²) in [5.41, 5.74) is 11.3. The van der Waals surface area contributed by atoms with Crippen LogP contribution >= 0.6 is 0 Å². The number of nitrogens with zero attached hydrogens (tertiary/aromatic N) is 5. The minimum atomic E-state index is 0.288. The van der Waals surface area contributed by atoms with E-state index in [-0.39, 0.29) is 5.95 Å². The maximum atomic E-state index is 6.11. The summed E-state index contributed by atoms with van der Waals surface area (Å²) in [5.74, 6) is 2.87. The Morgan fingerprint density at radius 2 is 1.92 bits per heavy atom. The van der Waals surface area contributed by atoms with Gasteiger partial charge in [-0.3, -0.25) is 4.90 Å². The maximum absolute atomic E-state index is 6.11. The quantitative estimate of drug-likeness (QED) is 0.370. The molecule has 0 saturated carbocycles. The second kappa shape index (κ2) is 9.35. The molecule has 0 radical (unpaired) electrons. The van der Waals surface area contributed by atoms with E-state index >= 15 is 0 Å². The van der Waals surface area contributed by atoms with E-state index in [0.29, 0.717) is 30.4 Å². The first-order chi connectivity index (χ1) is 17.7. The van der Waals surface area contributed by atoms with Gasteiger partial charge in [0.1, 0.15) is 6.61 Å². The number of aromatic nitrogens is 4. The van der Waals surface area contributed by atoms with Gasteiger partial charge in [0.15, 0.2) is 22.9 Å². The molecule has 0 bridgehead atoms. The molecule has 1 aliphatic rings. The number of hydrogen-bond acceptors (Lipinski definition) is 8. The number of rotatable bonds is 7. The number of nitrogens with two attached hydrogens (primary N) is 1. The lowest BCUT2D eigenvalue weighted by Gasteiger charge is -2.29. The molecule has 3 aromatic heterocycles. The number of anilines is 1. The van der Waals surface area contributed by atoms with Crippen molar-refractivity contribution in [2.45, 2.75) is 26.1 Å². The molecule has 0 unspecified atom stereocenters. The van der Waals surface area contributed by atoms with Crippen LogP contribution in [-0.4, -0.2) is 38.1 Å². The Morgan fingerprint density at radius 1 is 1.06 bits per heavy atom. The predicted octanol–water partition coefficient (Wildman–Crippen LogP) is 4.11. The monoisotopic (exact) mass is 482 g/mol. The molecule has 5 aromatic rings. The second-order valence-electron chi connectivity index (χ2n) is 8.80. The van der Waals surface area contributed by atoms with Gasteiger partial charge in [0.25, 0.3) is 0 Å². The van der Waals surface area contributed by atoms with Gasteiger partial charge in [-0.15, -0.1) is 5.10 Å². The van der Waals surface area contributed by atoms with Crippen LogP contribution in [0.4, 0.5) is 5.95 Å². The van der Waals surface area contributed by atoms with Gasteiger partial charge in [-0.05, 0) is 47.4 Å². The minimum Gasteiger partial charge on any atom is -0.493 e. The number of nitrogen functional groups attached to an aromatic ring is 1. The Kier molecular flexibility index (Phi) is 5.74. The summed E-state index contributed by atoms with van der Waals surface area (Å²) < 4.78 is 18.8. The number of furan rings is 1. The fourth-order valence-corrected chi connectivity index (χ4v) is 4.56. The van der Waals surface area contributed by atoms with E-state index < -0.39 is 0 Å². The van der Waals surface area contributed by atoms with Crippen molar-refractivity contribution >= 4 is 11.6 Å². The molecule has 9 nitrogen and oxygen atoms in total. The van der Waals surface area contributed by atoms with Gasteiger partial charge in [0.05, 0.1) is 13.4 Å². The van der Waals surface area contributed by atoms with Gasteiger partial charge in [-0.25, -0.2) is 9.97 Å². The lowest BCUT2D eigenvalue weighted by molar-refractivity contribution is 0.242. The summed E-state index contributed by atoms with van der Waals surface area (Å²) in [6, 6.07) is 18.0. The molecule has 0 fully saturated rings. The first-order valence-corrected chi connectivity index (χ1v) is 11.8. The SMILES string of the molecule is COc1cc2c(cc1OCc1ccccc1)CCN(Cc1cnc(N)n3nc(-c4ccco4)nc13)C2. The smallest absolute Gasteiger partial charge is 0.223 e. The third-order valence-electron chi connectivity index (χ3n) is 6.41. The highest BCUT2D eigenvalue weighted by Gasteiger charge is 2.22. The topological polar surface area (TPSA) is 104 Å². The van der Waals surface area contributed by atoms with Crippen molar-refractivity contribution in [3.63, 3.8) is 0 Å². The van der Waals surface area contributed by atoms with Crippen LogP contribution in [0, 0.1) is 0 Å². The normalized spacial score (nSPS) is 13.6. The average Bonchev–Trinajstić information content (AvgIpc) is 3.60. The summed E-state index contributed by atoms with van der Waals surface area (Å²) in [7, 11) is 1.68. The molecule has 2 aromatic carbocycles. The summed E-state index contributed by atoms with van der Waals surface area (Å²) in [6.45, 7) is 2.84. The van der Waals surface area contributed by atoms with Gasteiger partial charge in [-0.2, -0.15) is 4.52 Å². The van der Waals surface area contributed by atoms with Gasteiger partial charge in [-0.1, -0.05) is 30.3 Å². The molecular formula is C27H26N6O3. The van der Waals surface area contributed by atoms with Crippen LogP contribution in [0.2, 0.25) is 0 Å². The Balaban J connectivity index is 1.22. The highest BCUT2D eigenvalue weighted by Crippen LogP contribution is 2.34. The summed E-state index contributed by atoms with van der Waals surface area (Å²) in [5, 5.41) is 4.49. The zero-order valence-electron chi connectivity index (χ0n) is 19.9. The molecule has 0 aliphatic carbocycles. The largest absolute Gasteiger partial charge is 0.493 e. The lowest BCUT2D eigenvalue weighted by Crippen LogP contribution is -2.30. The minimum absolute atomic E-state index is 0.288. The molecule has 9 heteroatoms. The first kappa shape index (κ1) is 22.1. The van der Waals surface area contributed by atoms with Gasteiger partial charge < -0.3 is 19.6 Å². The molecule has 0 spiro atoms. The van der Waals surface area contributed by atoms with Crippen molar-refractivity contribution < 1.29 is 13.9 Å². The molecule has 6 rings (SSSR count). The second-order valence-corrected chi connectivity index (χ2v) is 8.80. The lowest BCUT2D eigenvalue weighted by atomic mass is 9.98. The molecular weight excluding hydrogens is 456 g/mol. The molecule has 36 heavy (non-hydrogen) atoms. The van der Waals surface area contributed by atoms with E-state index in [1.807, 2.05) is 24.3 Å². The van der Waals surface area contributed by atoms with E-state index in [1.165, 1.54) is 11.1 Å². The van der Waals surface area contributed by atoms with Crippen LogP contribution in [0.15, 0.2) is 71.5 Å². The number of fused-ring (bicyclic) bond motifs is 2. The predicted molar refractivity (Wildman–Crippen MR) is 134 cm³/mol. The fourth-order valence-electron chi connectivity index (χ4n) is 4.56. The van der Waals surface area contributed by atoms with Crippen molar-refractivity contribution in [2.75, 3.05) is 19.4 Å². The molecule has 182 valence electrons. The van der Waals surface area contributed by atoms with Crippen molar-refractivity contribution in [1.29, 1.82) is 0 Å². The Labute approximate surface area is 208 Å². The van der Waals surface area contributed by atoms with Gasteiger partial charge in [0.2, 0.25) is 11.8 Å². The third kappa shape index (κ3) is 4.25. The zero-order valence-corrected chi connectivity index (χ0v) is 19.9. The van der Waals surface area contributed by atoms with E-state index in [4.69, 9.17) is 19.6 Å². The van der Waals surface area contributed by atoms with Crippen molar-refractivity contribution in [3.8, 4) is 23.1 Å². The average molecular weight is 483 g/mol. The van der Waals surface area contributed by atoms with Gasteiger partial charge in [0, 0.05) is 31.4 Å². The first-order valence-electron chi connectivity index (χ1n) is 11.8.